The topological polar surface area (TPSA) is 84.7 Å². The summed E-state index contributed by atoms with van der Waals surface area (Å²) in [6, 6.07) is 18.1. The Morgan fingerprint density at radius 3 is 2.82 bits per heavy atom. The Kier molecular flexibility index (Phi) is 5.15. The molecule has 1 amide bonds. The molecule has 2 aromatic carbocycles. The van der Waals surface area contributed by atoms with E-state index in [1.54, 1.807) is 11.3 Å². The molecule has 0 unspecified atom stereocenters. The van der Waals surface area contributed by atoms with Crippen LogP contribution in [0, 0.1) is 11.3 Å². The molecule has 2 aromatic heterocycles. The number of thioether (sulfide) groups is 1. The summed E-state index contributed by atoms with van der Waals surface area (Å²) >= 11 is 2.94. The predicted molar refractivity (Wildman–Crippen MR) is 115 cm³/mol. The van der Waals surface area contributed by atoms with Crippen molar-refractivity contribution >= 4 is 56.2 Å². The Labute approximate surface area is 170 Å². The van der Waals surface area contributed by atoms with Crippen LogP contribution < -0.4 is 5.73 Å². The van der Waals surface area contributed by atoms with E-state index >= 15 is 0 Å². The van der Waals surface area contributed by atoms with Gasteiger partial charge in [0.05, 0.1) is 15.1 Å². The number of aromatic nitrogens is 2. The lowest BCUT2D eigenvalue weighted by atomic mass is 10.1. The van der Waals surface area contributed by atoms with Crippen molar-refractivity contribution in [1.29, 1.82) is 5.26 Å². The summed E-state index contributed by atoms with van der Waals surface area (Å²) in [7, 11) is 0. The maximum absolute atomic E-state index is 11.2. The van der Waals surface area contributed by atoms with Gasteiger partial charge >= 0.3 is 0 Å². The number of amides is 1. The number of primary amides is 1. The molecule has 0 saturated carbocycles. The molecule has 0 saturated heterocycles. The van der Waals surface area contributed by atoms with E-state index in [0.717, 1.165) is 31.0 Å². The highest BCUT2D eigenvalue weighted by molar-refractivity contribution is 8.05. The van der Waals surface area contributed by atoms with E-state index in [9.17, 15) is 10.1 Å². The average Bonchev–Trinajstić information content (AvgIpc) is 3.27. The van der Waals surface area contributed by atoms with Gasteiger partial charge in [0.25, 0.3) is 0 Å². The second-order valence-corrected chi connectivity index (χ2v) is 8.50. The third kappa shape index (κ3) is 3.79. The lowest BCUT2D eigenvalue weighted by molar-refractivity contribution is -0.118. The molecule has 2 N–H and O–H groups in total. The highest BCUT2D eigenvalue weighted by Crippen LogP contribution is 2.35. The molecule has 28 heavy (non-hydrogen) atoms. The van der Waals surface area contributed by atoms with Crippen LogP contribution in [0.3, 0.4) is 0 Å². The molecule has 0 aliphatic rings. The first-order valence-electron chi connectivity index (χ1n) is 8.65. The summed E-state index contributed by atoms with van der Waals surface area (Å²) in [5, 5.41) is 10.7. The van der Waals surface area contributed by atoms with Crippen molar-refractivity contribution in [2.75, 3.05) is 0 Å². The summed E-state index contributed by atoms with van der Waals surface area (Å²) in [5.74, 6) is -0.334. The van der Waals surface area contributed by atoms with Gasteiger partial charge in [-0.25, -0.2) is 4.98 Å². The molecule has 0 spiro atoms. The van der Waals surface area contributed by atoms with Crippen LogP contribution in [0.25, 0.3) is 27.2 Å². The predicted octanol–water partition coefficient (Wildman–Crippen LogP) is 4.78. The number of benzene rings is 2. The number of nitriles is 1. The number of nitrogens with two attached hydrogens (primary N) is 1. The number of hydrogen-bond donors (Lipinski definition) is 1. The molecular formula is C21H16N4OS2. The average molecular weight is 405 g/mol. The number of hydrogen-bond acceptors (Lipinski definition) is 5. The Morgan fingerprint density at radius 2 is 2.04 bits per heavy atom. The van der Waals surface area contributed by atoms with Crippen molar-refractivity contribution < 1.29 is 4.79 Å². The Bertz CT molecular complexity index is 1210. The van der Waals surface area contributed by atoms with Gasteiger partial charge in [-0.05, 0) is 36.0 Å². The van der Waals surface area contributed by atoms with Crippen LogP contribution in [-0.4, -0.2) is 15.5 Å². The van der Waals surface area contributed by atoms with Crippen LogP contribution in [0.2, 0.25) is 0 Å². The second kappa shape index (κ2) is 7.89. The molecule has 0 fully saturated rings. The van der Waals surface area contributed by atoms with Crippen molar-refractivity contribution in [2.45, 2.75) is 17.3 Å². The van der Waals surface area contributed by atoms with Crippen LogP contribution >= 0.6 is 23.1 Å². The zero-order valence-corrected chi connectivity index (χ0v) is 16.5. The van der Waals surface area contributed by atoms with Gasteiger partial charge in [0.15, 0.2) is 4.34 Å². The molecule has 0 aliphatic carbocycles. The van der Waals surface area contributed by atoms with Gasteiger partial charge in [0.1, 0.15) is 6.07 Å². The maximum Gasteiger partial charge on any atom is 0.219 e. The van der Waals surface area contributed by atoms with Gasteiger partial charge in [0.2, 0.25) is 5.91 Å². The minimum atomic E-state index is -0.334. The number of nitrogens with zero attached hydrogens (tertiary/aromatic N) is 3. The summed E-state index contributed by atoms with van der Waals surface area (Å²) in [6.45, 7) is 0.511. The highest BCUT2D eigenvalue weighted by Gasteiger charge is 2.11. The molecule has 4 aromatic rings. The van der Waals surface area contributed by atoms with Gasteiger partial charge in [-0.1, -0.05) is 30.3 Å². The first-order valence-corrected chi connectivity index (χ1v) is 10.3. The summed E-state index contributed by atoms with van der Waals surface area (Å²) < 4.78 is 3.94. The Balaban J connectivity index is 1.68. The van der Waals surface area contributed by atoms with Crippen LogP contribution in [0.1, 0.15) is 12.0 Å². The number of para-hydroxylation sites is 2. The van der Waals surface area contributed by atoms with Gasteiger partial charge in [-0.2, -0.15) is 5.26 Å². The SMILES string of the molecule is N#C/C(=C/c1cn(CCC(N)=O)c2ccccc12)Sc1nc2ccccc2s1. The molecule has 7 heteroatoms. The number of carbonyl (C=O) groups is 1. The molecule has 4 rings (SSSR count). The van der Waals surface area contributed by atoms with E-state index in [1.807, 2.05) is 65.4 Å². The third-order valence-corrected chi connectivity index (χ3v) is 6.31. The van der Waals surface area contributed by atoms with E-state index in [4.69, 9.17) is 5.73 Å². The molecule has 0 radical (unpaired) electrons. The number of carbonyl (C=O) groups excluding carboxylic acids is 1. The quantitative estimate of drug-likeness (QED) is 0.370. The van der Waals surface area contributed by atoms with Gasteiger partial charge < -0.3 is 10.3 Å². The fourth-order valence-corrected chi connectivity index (χ4v) is 4.99. The first-order chi connectivity index (χ1) is 13.6. The van der Waals surface area contributed by atoms with Crippen molar-refractivity contribution in [1.82, 2.24) is 9.55 Å². The van der Waals surface area contributed by atoms with Crippen LogP contribution in [0.5, 0.6) is 0 Å². The molecule has 5 nitrogen and oxygen atoms in total. The van der Waals surface area contributed by atoms with Crippen LogP contribution in [-0.2, 0) is 11.3 Å². The monoisotopic (exact) mass is 404 g/mol. The number of fused-ring (bicyclic) bond motifs is 2. The van der Waals surface area contributed by atoms with Gasteiger partial charge in [-0.3, -0.25) is 4.79 Å². The van der Waals surface area contributed by atoms with E-state index in [2.05, 4.69) is 11.1 Å². The number of aryl methyl sites for hydroxylation is 1. The van der Waals surface area contributed by atoms with Crippen molar-refractivity contribution in [2.24, 2.45) is 5.73 Å². The van der Waals surface area contributed by atoms with E-state index in [1.165, 1.54) is 11.8 Å². The minimum Gasteiger partial charge on any atom is -0.370 e. The van der Waals surface area contributed by atoms with Crippen LogP contribution in [0.4, 0.5) is 0 Å². The summed E-state index contributed by atoms with van der Waals surface area (Å²) in [5.41, 5.74) is 8.18. The van der Waals surface area contributed by atoms with E-state index < -0.39 is 0 Å². The fourth-order valence-electron chi connectivity index (χ4n) is 3.02. The molecule has 138 valence electrons. The first kappa shape index (κ1) is 18.3. The normalized spacial score (nSPS) is 11.8. The highest BCUT2D eigenvalue weighted by atomic mass is 32.2. The summed E-state index contributed by atoms with van der Waals surface area (Å²) in [6.07, 6.45) is 4.11. The molecule has 0 aliphatic heterocycles. The smallest absolute Gasteiger partial charge is 0.219 e. The van der Waals surface area contributed by atoms with E-state index in [-0.39, 0.29) is 12.3 Å². The lowest BCUT2D eigenvalue weighted by Gasteiger charge is -2.02. The van der Waals surface area contributed by atoms with Crippen molar-refractivity contribution in [3.05, 3.63) is 65.2 Å². The largest absolute Gasteiger partial charge is 0.370 e. The maximum atomic E-state index is 11.2. The second-order valence-electron chi connectivity index (χ2n) is 6.18. The van der Waals surface area contributed by atoms with Gasteiger partial charge in [0, 0.05) is 35.6 Å². The number of allylic oxidation sites excluding steroid dienone is 1. The van der Waals surface area contributed by atoms with Gasteiger partial charge in [-0.15, -0.1) is 11.3 Å². The Morgan fingerprint density at radius 1 is 1.25 bits per heavy atom. The standard InChI is InChI=1S/C21H16N4OS2/c22-12-15(27-21-24-17-6-2-4-8-19(17)28-21)11-14-13-25(10-9-20(23)26)18-7-3-1-5-16(14)18/h1-8,11,13H,9-10H2,(H2,23,26)/b15-11-. The molecule has 0 atom stereocenters. The lowest BCUT2D eigenvalue weighted by Crippen LogP contribution is -2.13. The summed E-state index contributed by atoms with van der Waals surface area (Å²) in [4.78, 5) is 16.3. The zero-order chi connectivity index (χ0) is 19.5. The molecule has 2 heterocycles. The zero-order valence-electron chi connectivity index (χ0n) is 14.8. The fraction of sp³-hybridized carbons (Fsp3) is 0.0952. The number of thiazole rings is 1. The minimum absolute atomic E-state index is 0.271. The molecule has 0 bridgehead atoms. The van der Waals surface area contributed by atoms with Crippen molar-refractivity contribution in [3.63, 3.8) is 0 Å². The van der Waals surface area contributed by atoms with Crippen molar-refractivity contribution in [3.8, 4) is 6.07 Å². The number of rotatable bonds is 6. The Hall–Kier alpha value is -3.08. The third-order valence-electron chi connectivity index (χ3n) is 4.29. The molecular weight excluding hydrogens is 388 g/mol. The van der Waals surface area contributed by atoms with E-state index in [0.29, 0.717) is 11.4 Å². The van der Waals surface area contributed by atoms with Crippen LogP contribution in [0.15, 0.2) is 64.0 Å².